The van der Waals surface area contributed by atoms with Gasteiger partial charge in [0, 0.05) is 6.42 Å². The van der Waals surface area contributed by atoms with Crippen LogP contribution < -0.4 is 0 Å². The zero-order valence-electron chi connectivity index (χ0n) is 24.6. The van der Waals surface area contributed by atoms with Crippen LogP contribution in [0.25, 0.3) is 54.2 Å². The summed E-state index contributed by atoms with van der Waals surface area (Å²) in [7, 11) is 1.32. The number of fused-ring (bicyclic) bond motifs is 13. The lowest BCUT2D eigenvalue weighted by molar-refractivity contribution is -0.143. The number of carboxylic acids is 1. The van der Waals surface area contributed by atoms with Crippen molar-refractivity contribution in [2.24, 2.45) is 0 Å². The first-order chi connectivity index (χ1) is 22.1. The Morgan fingerprint density at radius 2 is 0.978 bits per heavy atom. The van der Waals surface area contributed by atoms with E-state index >= 15 is 0 Å². The highest BCUT2D eigenvalue weighted by atomic mass is 16.5. The summed E-state index contributed by atoms with van der Waals surface area (Å²) in [6.07, 6.45) is -0.555. The van der Waals surface area contributed by atoms with Crippen molar-refractivity contribution in [3.63, 3.8) is 0 Å². The van der Waals surface area contributed by atoms with Crippen molar-refractivity contribution in [2.45, 2.75) is 18.5 Å². The predicted octanol–water partition coefficient (Wildman–Crippen LogP) is 9.13. The van der Waals surface area contributed by atoms with Crippen LogP contribution in [-0.2, 0) is 16.0 Å². The lowest BCUT2D eigenvalue weighted by atomic mass is 9.89. The van der Waals surface area contributed by atoms with Crippen LogP contribution in [-0.4, -0.2) is 35.2 Å². The number of ether oxygens (including phenoxy) is 1. The summed E-state index contributed by atoms with van der Waals surface area (Å²) < 4.78 is 5.45. The second-order valence-corrected chi connectivity index (χ2v) is 11.6. The monoisotopic (exact) mass is 587 g/mol. The molecule has 0 unspecified atom stereocenters. The second-order valence-electron chi connectivity index (χ2n) is 11.6. The molecule has 1 aliphatic carbocycles. The summed E-state index contributed by atoms with van der Waals surface area (Å²) in [5.41, 5.74) is 4.73. The van der Waals surface area contributed by atoms with Gasteiger partial charge in [0.05, 0.1) is 13.2 Å². The van der Waals surface area contributed by atoms with Crippen molar-refractivity contribution in [3.05, 3.63) is 144 Å². The van der Waals surface area contributed by atoms with Crippen LogP contribution in [0.3, 0.4) is 0 Å². The predicted molar refractivity (Wildman–Crippen MR) is 180 cm³/mol. The molecule has 0 radical (unpaired) electrons. The van der Waals surface area contributed by atoms with Crippen molar-refractivity contribution in [1.82, 2.24) is 4.90 Å². The second kappa shape index (κ2) is 10.5. The molecule has 45 heavy (non-hydrogen) atoms. The maximum Gasteiger partial charge on any atom is 0.411 e. The van der Waals surface area contributed by atoms with E-state index in [1.54, 1.807) is 0 Å². The van der Waals surface area contributed by atoms with Gasteiger partial charge in [0.25, 0.3) is 0 Å². The Bertz CT molecular complexity index is 2190. The van der Waals surface area contributed by atoms with Gasteiger partial charge in [-0.25, -0.2) is 9.59 Å². The fourth-order valence-electron chi connectivity index (χ4n) is 7.53. The molecule has 0 aromatic heterocycles. The minimum Gasteiger partial charge on any atom is -0.480 e. The number of benzene rings is 7. The first kappa shape index (κ1) is 26.9. The van der Waals surface area contributed by atoms with Gasteiger partial charge in [0.15, 0.2) is 0 Å². The van der Waals surface area contributed by atoms with Gasteiger partial charge in [-0.05, 0) is 70.9 Å². The molecule has 7 aromatic rings. The van der Waals surface area contributed by atoms with Gasteiger partial charge in [-0.1, -0.05) is 127 Å². The zero-order chi connectivity index (χ0) is 30.7. The molecule has 0 spiro atoms. The van der Waals surface area contributed by atoms with Gasteiger partial charge in [-0.15, -0.1) is 0 Å². The number of rotatable bonds is 5. The van der Waals surface area contributed by atoms with Crippen LogP contribution in [0.2, 0.25) is 0 Å². The summed E-state index contributed by atoms with van der Waals surface area (Å²) in [4.78, 5) is 28.8. The molecule has 0 bridgehead atoms. The summed E-state index contributed by atoms with van der Waals surface area (Å²) in [6.45, 7) is 0. The molecule has 0 heterocycles. The molecule has 0 fully saturated rings. The minimum absolute atomic E-state index is 0.128. The number of carbonyl (C=O) groups excluding carboxylic acids is 1. The van der Waals surface area contributed by atoms with E-state index in [1.165, 1.54) is 12.0 Å². The number of nitrogens with zero attached hydrogens (tertiary/aromatic N) is 1. The van der Waals surface area contributed by atoms with Crippen LogP contribution in [0, 0.1) is 0 Å². The first-order valence-electron chi connectivity index (χ1n) is 15.1. The van der Waals surface area contributed by atoms with Crippen molar-refractivity contribution >= 4 is 55.2 Å². The maximum absolute atomic E-state index is 14.1. The number of methoxy groups -OCH3 is 1. The number of hydrogen-bond acceptors (Lipinski definition) is 3. The molecule has 1 N–H and O–H groups in total. The van der Waals surface area contributed by atoms with E-state index in [1.807, 2.05) is 78.9 Å². The molecular weight excluding hydrogens is 558 g/mol. The minimum atomic E-state index is -1.20. The third-order valence-electron chi connectivity index (χ3n) is 9.30. The van der Waals surface area contributed by atoms with E-state index in [9.17, 15) is 14.7 Å². The van der Waals surface area contributed by atoms with E-state index in [2.05, 4.69) is 48.5 Å². The highest BCUT2D eigenvalue weighted by Gasteiger charge is 2.45. The third kappa shape index (κ3) is 4.01. The fraction of sp³-hybridized carbons (Fsp3) is 0.100. The Morgan fingerprint density at radius 3 is 1.40 bits per heavy atom. The molecule has 0 saturated heterocycles. The van der Waals surface area contributed by atoms with Crippen molar-refractivity contribution in [2.75, 3.05) is 7.11 Å². The van der Waals surface area contributed by atoms with Gasteiger partial charge in [-0.3, -0.25) is 4.90 Å². The van der Waals surface area contributed by atoms with Crippen LogP contribution in [0.4, 0.5) is 4.79 Å². The lowest BCUT2D eigenvalue weighted by Crippen LogP contribution is -2.48. The van der Waals surface area contributed by atoms with Gasteiger partial charge < -0.3 is 9.84 Å². The summed E-state index contributed by atoms with van der Waals surface area (Å²) >= 11 is 0. The molecule has 218 valence electrons. The highest BCUT2D eigenvalue weighted by molar-refractivity contribution is 6.25. The Balaban J connectivity index is 1.57. The van der Waals surface area contributed by atoms with E-state index in [4.69, 9.17) is 4.74 Å². The highest BCUT2D eigenvalue weighted by Crippen LogP contribution is 2.57. The number of amides is 1. The standard InChI is InChI=1S/C40H29NO4/c1-45-40(44)41(33(39(42)43)23-24-13-3-2-4-14-24)38-36-31-21-11-7-17-27(31)25-15-5-9-19-29(25)34(36)35-30-20-10-6-16-26(30)28-18-8-12-22-32(28)37(35)38/h2-22,33,38H,23H2,1H3,(H,42,43)/t33-/m0/s1. The van der Waals surface area contributed by atoms with Crippen LogP contribution in [0.15, 0.2) is 127 Å². The Kier molecular flexibility index (Phi) is 6.27. The average Bonchev–Trinajstić information content (AvgIpc) is 3.45. The summed E-state index contributed by atoms with van der Waals surface area (Å²) in [5, 5.41) is 19.3. The number of carboxylic acid groups (broad SMARTS) is 1. The van der Waals surface area contributed by atoms with E-state index in [0.29, 0.717) is 0 Å². The van der Waals surface area contributed by atoms with E-state index in [-0.39, 0.29) is 6.42 Å². The van der Waals surface area contributed by atoms with Gasteiger partial charge in [0.2, 0.25) is 0 Å². The van der Waals surface area contributed by atoms with Gasteiger partial charge >= 0.3 is 12.1 Å². The summed E-state index contributed by atoms with van der Waals surface area (Å²) in [5.74, 6) is -1.09. The molecule has 5 heteroatoms. The Labute approximate surface area is 259 Å². The fourth-order valence-corrected chi connectivity index (χ4v) is 7.53. The molecule has 8 rings (SSSR count). The number of aliphatic carboxylic acids is 1. The zero-order valence-corrected chi connectivity index (χ0v) is 24.6. The molecule has 0 aliphatic heterocycles. The van der Waals surface area contributed by atoms with Gasteiger partial charge in [0.1, 0.15) is 6.04 Å². The largest absolute Gasteiger partial charge is 0.480 e. The molecule has 1 aliphatic rings. The van der Waals surface area contributed by atoms with Gasteiger partial charge in [-0.2, -0.15) is 0 Å². The smallest absolute Gasteiger partial charge is 0.411 e. The van der Waals surface area contributed by atoms with Crippen LogP contribution >= 0.6 is 0 Å². The number of carbonyl (C=O) groups is 2. The van der Waals surface area contributed by atoms with Crippen molar-refractivity contribution < 1.29 is 19.4 Å². The lowest BCUT2D eigenvalue weighted by Gasteiger charge is -2.35. The molecule has 1 atom stereocenters. The third-order valence-corrected chi connectivity index (χ3v) is 9.30. The SMILES string of the molecule is COC(=O)N(C1c2c(c3ccccc3c3ccccc23)-c2c1c1ccccc1c1ccccc21)[C@@H](Cc1ccccc1)C(=O)O. The van der Waals surface area contributed by atoms with Crippen LogP contribution in [0.5, 0.6) is 0 Å². The number of hydrogen-bond donors (Lipinski definition) is 1. The Morgan fingerprint density at radius 1 is 0.600 bits per heavy atom. The first-order valence-corrected chi connectivity index (χ1v) is 15.1. The molecule has 0 saturated carbocycles. The molecule has 7 aromatic carbocycles. The topological polar surface area (TPSA) is 66.8 Å². The molecule has 5 nitrogen and oxygen atoms in total. The van der Waals surface area contributed by atoms with Crippen LogP contribution in [0.1, 0.15) is 22.7 Å². The maximum atomic E-state index is 14.1. The Hall–Kier alpha value is -5.68. The van der Waals surface area contributed by atoms with Crippen molar-refractivity contribution in [3.8, 4) is 11.1 Å². The average molecular weight is 588 g/mol. The van der Waals surface area contributed by atoms with Crippen molar-refractivity contribution in [1.29, 1.82) is 0 Å². The molecule has 1 amide bonds. The van der Waals surface area contributed by atoms with E-state index in [0.717, 1.165) is 70.9 Å². The summed E-state index contributed by atoms with van der Waals surface area (Å²) in [6, 6.07) is 40.7. The normalized spacial score (nSPS) is 13.2. The molecular formula is C40H29NO4. The van der Waals surface area contributed by atoms with E-state index < -0.39 is 24.1 Å². The quantitative estimate of drug-likeness (QED) is 0.204.